The molecule has 5 heteroatoms. The quantitative estimate of drug-likeness (QED) is 0.398. The summed E-state index contributed by atoms with van der Waals surface area (Å²) in [6, 6.07) is 8.75. The van der Waals surface area contributed by atoms with E-state index in [9.17, 15) is 5.11 Å². The molecule has 0 aliphatic heterocycles. The fourth-order valence-electron chi connectivity index (χ4n) is 4.61. The first-order valence-corrected chi connectivity index (χ1v) is 11.2. The van der Waals surface area contributed by atoms with Gasteiger partial charge in [0.2, 0.25) is 0 Å². The van der Waals surface area contributed by atoms with Crippen molar-refractivity contribution in [2.45, 2.75) is 68.8 Å². The SMILES string of the molecule is OC(c1ccc(C2CCC(Cl)C2CCCc2nc[c-]s2)cc1)C1CCC1.[Y]. The summed E-state index contributed by atoms with van der Waals surface area (Å²) in [6.45, 7) is 0. The van der Waals surface area contributed by atoms with Crippen molar-refractivity contribution in [1.29, 1.82) is 0 Å². The molecular formula is C22H27ClNOSY-. The van der Waals surface area contributed by atoms with Crippen molar-refractivity contribution in [3.05, 3.63) is 52.0 Å². The number of rotatable bonds is 7. The summed E-state index contributed by atoms with van der Waals surface area (Å²) in [5, 5.41) is 15.0. The van der Waals surface area contributed by atoms with Gasteiger partial charge in [-0.2, -0.15) is 5.38 Å². The van der Waals surface area contributed by atoms with Gasteiger partial charge in [-0.05, 0) is 61.0 Å². The Balaban J connectivity index is 0.00000210. The molecule has 1 aromatic heterocycles. The molecule has 0 spiro atoms. The van der Waals surface area contributed by atoms with E-state index in [1.807, 2.05) is 0 Å². The Bertz CT molecular complexity index is 689. The first kappa shape index (κ1) is 21.9. The number of thiazole rings is 1. The van der Waals surface area contributed by atoms with Crippen molar-refractivity contribution >= 4 is 22.9 Å². The van der Waals surface area contributed by atoms with Crippen molar-refractivity contribution < 1.29 is 37.8 Å². The second-order valence-electron chi connectivity index (χ2n) is 7.93. The van der Waals surface area contributed by atoms with E-state index in [4.69, 9.17) is 11.6 Å². The predicted molar refractivity (Wildman–Crippen MR) is 108 cm³/mol. The van der Waals surface area contributed by atoms with Crippen LogP contribution in [0.1, 0.15) is 73.1 Å². The average Bonchev–Trinajstić information content (AvgIpc) is 3.24. The molecule has 2 aliphatic rings. The topological polar surface area (TPSA) is 33.1 Å². The standard InChI is InChI=1S/C22H27ClNOS.Y/c23-20-12-11-18(19(20)5-2-6-21-24-13-14-26-21)15-7-9-17(10-8-15)22(25)16-3-1-4-16;/h7-10,13,16,18-20,22,25H,1-6,11-12H2;/q-1;. The second-order valence-corrected chi connectivity index (χ2v) is 9.40. The van der Waals surface area contributed by atoms with Gasteiger partial charge >= 0.3 is 0 Å². The molecular weight excluding hydrogens is 451 g/mol. The Hall–Kier alpha value is 0.204. The summed E-state index contributed by atoms with van der Waals surface area (Å²) < 4.78 is 0. The normalized spacial score (nSPS) is 26.4. The number of benzene rings is 1. The number of nitrogens with zero attached hydrogens (tertiary/aromatic N) is 1. The first-order valence-electron chi connectivity index (χ1n) is 9.95. The minimum Gasteiger partial charge on any atom is -0.388 e. The van der Waals surface area contributed by atoms with Crippen LogP contribution in [0.25, 0.3) is 0 Å². The molecule has 0 saturated heterocycles. The van der Waals surface area contributed by atoms with E-state index in [-0.39, 0.29) is 44.2 Å². The van der Waals surface area contributed by atoms with Crippen LogP contribution in [0.3, 0.4) is 0 Å². The van der Waals surface area contributed by atoms with Gasteiger partial charge in [0.05, 0.1) is 6.10 Å². The van der Waals surface area contributed by atoms with E-state index < -0.39 is 0 Å². The van der Waals surface area contributed by atoms with Crippen molar-refractivity contribution in [3.63, 3.8) is 0 Å². The van der Waals surface area contributed by atoms with E-state index in [2.05, 4.69) is 34.6 Å². The fraction of sp³-hybridized carbons (Fsp3) is 0.591. The Morgan fingerprint density at radius 2 is 1.96 bits per heavy atom. The van der Waals surface area contributed by atoms with Crippen LogP contribution in [0.5, 0.6) is 0 Å². The summed E-state index contributed by atoms with van der Waals surface area (Å²) >= 11 is 8.30. The molecule has 27 heavy (non-hydrogen) atoms. The van der Waals surface area contributed by atoms with Crippen molar-refractivity contribution in [2.75, 3.05) is 0 Å². The van der Waals surface area contributed by atoms with Gasteiger partial charge in [0.1, 0.15) is 0 Å². The number of hydrogen-bond donors (Lipinski definition) is 1. The fourth-order valence-corrected chi connectivity index (χ4v) is 5.63. The van der Waals surface area contributed by atoms with E-state index in [0.717, 1.165) is 31.2 Å². The molecule has 2 aliphatic carbocycles. The molecule has 2 nitrogen and oxygen atoms in total. The predicted octanol–water partition coefficient (Wildman–Crippen LogP) is 5.90. The van der Waals surface area contributed by atoms with E-state index in [0.29, 0.717) is 17.8 Å². The molecule has 1 aromatic carbocycles. The van der Waals surface area contributed by atoms with Crippen molar-refractivity contribution in [2.24, 2.45) is 11.8 Å². The zero-order chi connectivity index (χ0) is 17.9. The molecule has 4 rings (SSSR count). The van der Waals surface area contributed by atoms with Gasteiger partial charge in [0.15, 0.2) is 0 Å². The monoisotopic (exact) mass is 477 g/mol. The number of hydrogen-bond acceptors (Lipinski definition) is 3. The molecule has 2 fully saturated rings. The van der Waals surface area contributed by atoms with E-state index in [1.54, 1.807) is 17.5 Å². The average molecular weight is 478 g/mol. The largest absolute Gasteiger partial charge is 0.388 e. The molecule has 1 N–H and O–H groups in total. The second kappa shape index (κ2) is 10.3. The zero-order valence-electron chi connectivity index (χ0n) is 15.7. The number of aryl methyl sites for hydroxylation is 1. The molecule has 4 unspecified atom stereocenters. The van der Waals surface area contributed by atoms with Crippen LogP contribution in [-0.2, 0) is 39.1 Å². The number of aliphatic hydroxyl groups excluding tert-OH is 1. The van der Waals surface area contributed by atoms with Crippen molar-refractivity contribution in [1.82, 2.24) is 4.98 Å². The van der Waals surface area contributed by atoms with Gasteiger partial charge in [0.25, 0.3) is 0 Å². The number of alkyl halides is 1. The Morgan fingerprint density at radius 1 is 1.19 bits per heavy atom. The van der Waals surface area contributed by atoms with Gasteiger partial charge in [-0.3, -0.25) is 0 Å². The van der Waals surface area contributed by atoms with Gasteiger partial charge in [-0.1, -0.05) is 54.7 Å². The number of aromatic nitrogens is 1. The van der Waals surface area contributed by atoms with Crippen LogP contribution in [0, 0.1) is 17.2 Å². The Labute approximate surface area is 197 Å². The van der Waals surface area contributed by atoms with Crippen LogP contribution in [0.15, 0.2) is 30.5 Å². The Morgan fingerprint density at radius 3 is 2.59 bits per heavy atom. The maximum Gasteiger partial charge on any atom is 0.0818 e. The van der Waals surface area contributed by atoms with E-state index >= 15 is 0 Å². The maximum atomic E-state index is 10.5. The molecule has 2 aromatic rings. The van der Waals surface area contributed by atoms with Crippen molar-refractivity contribution in [3.8, 4) is 0 Å². The van der Waals surface area contributed by atoms with Crippen LogP contribution in [0.4, 0.5) is 0 Å². The third-order valence-electron chi connectivity index (χ3n) is 6.40. The molecule has 1 radical (unpaired) electrons. The summed E-state index contributed by atoms with van der Waals surface area (Å²) in [5.41, 5.74) is 2.47. The van der Waals surface area contributed by atoms with Crippen LogP contribution in [0.2, 0.25) is 0 Å². The van der Waals surface area contributed by atoms with Gasteiger partial charge in [-0.15, -0.1) is 11.6 Å². The third-order valence-corrected chi connectivity index (χ3v) is 7.71. The summed E-state index contributed by atoms with van der Waals surface area (Å²) in [7, 11) is 0. The molecule has 1 heterocycles. The summed E-state index contributed by atoms with van der Waals surface area (Å²) in [4.78, 5) is 4.33. The smallest absolute Gasteiger partial charge is 0.0818 e. The Kier molecular flexibility index (Phi) is 8.35. The van der Waals surface area contributed by atoms with Gasteiger partial charge in [-0.25, -0.2) is 0 Å². The van der Waals surface area contributed by atoms with Gasteiger partial charge < -0.3 is 21.4 Å². The molecule has 143 valence electrons. The maximum absolute atomic E-state index is 10.5. The first-order chi connectivity index (χ1) is 12.7. The summed E-state index contributed by atoms with van der Waals surface area (Å²) in [5.74, 6) is 1.56. The number of halogens is 1. The molecule has 4 atom stereocenters. The van der Waals surface area contributed by atoms with Crippen LogP contribution in [-0.4, -0.2) is 15.5 Å². The minimum atomic E-state index is -0.284. The minimum absolute atomic E-state index is 0. The zero-order valence-corrected chi connectivity index (χ0v) is 20.1. The van der Waals surface area contributed by atoms with E-state index in [1.165, 1.54) is 36.3 Å². The molecule has 2 saturated carbocycles. The van der Waals surface area contributed by atoms with Crippen LogP contribution < -0.4 is 0 Å². The summed E-state index contributed by atoms with van der Waals surface area (Å²) in [6.07, 6.45) is 10.7. The molecule has 0 bridgehead atoms. The van der Waals surface area contributed by atoms with Gasteiger partial charge in [0, 0.05) is 38.1 Å². The number of aliphatic hydroxyl groups is 1. The third kappa shape index (κ3) is 5.22. The van der Waals surface area contributed by atoms with Crippen LogP contribution >= 0.6 is 22.9 Å². The molecule has 0 amide bonds.